The van der Waals surface area contributed by atoms with E-state index in [0.717, 1.165) is 22.4 Å². The van der Waals surface area contributed by atoms with E-state index in [1.165, 1.54) is 0 Å². The van der Waals surface area contributed by atoms with E-state index in [1.807, 2.05) is 44.2 Å². The second kappa shape index (κ2) is 8.45. The summed E-state index contributed by atoms with van der Waals surface area (Å²) in [6.45, 7) is 4.29. The number of nitrogens with one attached hydrogen (secondary N) is 1. The minimum Gasteiger partial charge on any atom is -0.496 e. The quantitative estimate of drug-likeness (QED) is 0.772. The highest BCUT2D eigenvalue weighted by Crippen LogP contribution is 2.28. The minimum atomic E-state index is -0.202. The number of hydrogen-bond donors (Lipinski definition) is 1. The molecule has 2 aromatic carbocycles. The number of urea groups is 1. The molecular formula is C19H22Cl2N2O2. The summed E-state index contributed by atoms with van der Waals surface area (Å²) in [5.74, 6) is 0.749. The van der Waals surface area contributed by atoms with Crippen molar-refractivity contribution in [1.29, 1.82) is 0 Å². The number of benzene rings is 2. The number of ether oxygens (including phenoxy) is 1. The van der Waals surface area contributed by atoms with Crippen molar-refractivity contribution in [3.63, 3.8) is 0 Å². The van der Waals surface area contributed by atoms with E-state index in [0.29, 0.717) is 16.6 Å². The Hall–Kier alpha value is -1.91. The maximum absolute atomic E-state index is 12.5. The fraction of sp³-hybridized carbons (Fsp3) is 0.316. The number of halogens is 2. The smallest absolute Gasteiger partial charge is 0.317 e. The lowest BCUT2D eigenvalue weighted by molar-refractivity contribution is 0.203. The normalized spacial score (nSPS) is 11.8. The number of carbonyl (C=O) groups is 1. The highest BCUT2D eigenvalue weighted by Gasteiger charge is 2.18. The van der Waals surface area contributed by atoms with Crippen LogP contribution in [0.2, 0.25) is 10.0 Å². The summed E-state index contributed by atoms with van der Waals surface area (Å²) >= 11 is 12.2. The molecule has 0 fully saturated rings. The molecule has 0 saturated carbocycles. The first kappa shape index (κ1) is 19.4. The third-order valence-corrected chi connectivity index (χ3v) is 4.84. The summed E-state index contributed by atoms with van der Waals surface area (Å²) in [5, 5.41) is 3.93. The summed E-state index contributed by atoms with van der Waals surface area (Å²) in [6, 6.07) is 10.9. The van der Waals surface area contributed by atoms with Gasteiger partial charge in [-0.05, 0) is 31.5 Å². The lowest BCUT2D eigenvalue weighted by Gasteiger charge is -2.23. The van der Waals surface area contributed by atoms with E-state index in [1.54, 1.807) is 25.1 Å². The molecule has 0 heterocycles. The highest BCUT2D eigenvalue weighted by atomic mass is 35.5. The van der Waals surface area contributed by atoms with Crippen molar-refractivity contribution in [3.8, 4) is 5.75 Å². The molecule has 0 radical (unpaired) electrons. The monoisotopic (exact) mass is 380 g/mol. The first-order chi connectivity index (χ1) is 11.8. The molecule has 0 aliphatic rings. The molecule has 2 rings (SSSR count). The Balaban J connectivity index is 2.08. The molecule has 134 valence electrons. The largest absolute Gasteiger partial charge is 0.496 e. The molecule has 0 bridgehead atoms. The number of carbonyl (C=O) groups excluding carboxylic acids is 1. The average Bonchev–Trinajstić information content (AvgIpc) is 2.58. The molecule has 0 aromatic heterocycles. The predicted octanol–water partition coefficient (Wildman–Crippen LogP) is 5.21. The van der Waals surface area contributed by atoms with Crippen molar-refractivity contribution in [3.05, 3.63) is 63.1 Å². The van der Waals surface area contributed by atoms with Gasteiger partial charge in [0.15, 0.2) is 0 Å². The van der Waals surface area contributed by atoms with Gasteiger partial charge in [0.05, 0.1) is 23.2 Å². The number of methoxy groups -OCH3 is 1. The molecule has 2 aromatic rings. The second-order valence-corrected chi connectivity index (χ2v) is 6.77. The zero-order valence-corrected chi connectivity index (χ0v) is 16.3. The molecule has 0 saturated heterocycles. The van der Waals surface area contributed by atoms with Crippen molar-refractivity contribution >= 4 is 29.2 Å². The third kappa shape index (κ3) is 4.80. The topological polar surface area (TPSA) is 41.6 Å². The van der Waals surface area contributed by atoms with Crippen molar-refractivity contribution in [1.82, 2.24) is 10.2 Å². The zero-order chi connectivity index (χ0) is 18.6. The van der Waals surface area contributed by atoms with Crippen LogP contribution in [-0.4, -0.2) is 25.1 Å². The molecule has 1 N–H and O–H groups in total. The zero-order valence-electron chi connectivity index (χ0n) is 14.8. The van der Waals surface area contributed by atoms with E-state index < -0.39 is 0 Å². The summed E-state index contributed by atoms with van der Waals surface area (Å²) in [5.41, 5.74) is 2.84. The van der Waals surface area contributed by atoms with Crippen LogP contribution in [-0.2, 0) is 6.54 Å². The van der Waals surface area contributed by atoms with Crippen LogP contribution in [0.3, 0.4) is 0 Å². The molecule has 6 heteroatoms. The molecule has 1 unspecified atom stereocenters. The van der Waals surface area contributed by atoms with Gasteiger partial charge in [0.25, 0.3) is 0 Å². The fourth-order valence-corrected chi connectivity index (χ4v) is 2.94. The Morgan fingerprint density at radius 2 is 2.00 bits per heavy atom. The summed E-state index contributed by atoms with van der Waals surface area (Å²) in [7, 11) is 3.34. The first-order valence-corrected chi connectivity index (χ1v) is 8.68. The molecular weight excluding hydrogens is 359 g/mol. The van der Waals surface area contributed by atoms with Crippen LogP contribution in [0, 0.1) is 6.92 Å². The minimum absolute atomic E-state index is 0.195. The van der Waals surface area contributed by atoms with E-state index >= 15 is 0 Å². The Labute approximate surface area is 158 Å². The summed E-state index contributed by atoms with van der Waals surface area (Å²) in [6.07, 6.45) is 0. The molecule has 0 aliphatic carbocycles. The first-order valence-electron chi connectivity index (χ1n) is 7.92. The van der Waals surface area contributed by atoms with E-state index in [-0.39, 0.29) is 12.1 Å². The lowest BCUT2D eigenvalue weighted by Crippen LogP contribution is -2.38. The van der Waals surface area contributed by atoms with Crippen LogP contribution >= 0.6 is 23.2 Å². The lowest BCUT2D eigenvalue weighted by atomic mass is 10.0. The summed E-state index contributed by atoms with van der Waals surface area (Å²) in [4.78, 5) is 14.1. The highest BCUT2D eigenvalue weighted by molar-refractivity contribution is 6.42. The van der Waals surface area contributed by atoms with Gasteiger partial charge >= 0.3 is 6.03 Å². The third-order valence-electron chi connectivity index (χ3n) is 3.98. The molecule has 1 atom stereocenters. The van der Waals surface area contributed by atoms with Gasteiger partial charge in [0.2, 0.25) is 0 Å². The summed E-state index contributed by atoms with van der Waals surface area (Å²) < 4.78 is 5.39. The van der Waals surface area contributed by atoms with Crippen LogP contribution < -0.4 is 10.1 Å². The Bertz CT molecular complexity index is 765. The Morgan fingerprint density at radius 3 is 2.68 bits per heavy atom. The van der Waals surface area contributed by atoms with Crippen LogP contribution in [0.4, 0.5) is 4.79 Å². The second-order valence-electron chi connectivity index (χ2n) is 5.99. The maximum Gasteiger partial charge on any atom is 0.317 e. The van der Waals surface area contributed by atoms with Crippen molar-refractivity contribution in [2.45, 2.75) is 26.4 Å². The Kier molecular flexibility index (Phi) is 6.57. The van der Waals surface area contributed by atoms with Gasteiger partial charge in [-0.25, -0.2) is 4.79 Å². The van der Waals surface area contributed by atoms with Gasteiger partial charge in [-0.3, -0.25) is 0 Å². The predicted molar refractivity (Wildman–Crippen MR) is 103 cm³/mol. The Morgan fingerprint density at radius 1 is 1.28 bits per heavy atom. The molecule has 4 nitrogen and oxygen atoms in total. The van der Waals surface area contributed by atoms with Crippen LogP contribution in [0.25, 0.3) is 0 Å². The number of aryl methyl sites for hydroxylation is 1. The van der Waals surface area contributed by atoms with Gasteiger partial charge < -0.3 is 15.0 Å². The van der Waals surface area contributed by atoms with Crippen molar-refractivity contribution in [2.75, 3.05) is 14.2 Å². The van der Waals surface area contributed by atoms with E-state index in [4.69, 9.17) is 27.9 Å². The van der Waals surface area contributed by atoms with Gasteiger partial charge in [0, 0.05) is 19.2 Å². The number of rotatable bonds is 5. The van der Waals surface area contributed by atoms with Gasteiger partial charge in [-0.1, -0.05) is 53.0 Å². The van der Waals surface area contributed by atoms with Crippen molar-refractivity contribution < 1.29 is 9.53 Å². The van der Waals surface area contributed by atoms with E-state index in [2.05, 4.69) is 5.32 Å². The maximum atomic E-state index is 12.5. The average molecular weight is 381 g/mol. The number of amides is 2. The SMILES string of the molecule is COc1ccc(C)cc1C(C)NC(=O)N(C)Cc1cccc(Cl)c1Cl. The van der Waals surface area contributed by atoms with Gasteiger partial charge in [-0.2, -0.15) is 0 Å². The molecule has 0 aliphatic heterocycles. The fourth-order valence-electron chi connectivity index (χ4n) is 2.56. The molecule has 25 heavy (non-hydrogen) atoms. The van der Waals surface area contributed by atoms with Gasteiger partial charge in [-0.15, -0.1) is 0 Å². The number of nitrogens with zero attached hydrogens (tertiary/aromatic N) is 1. The molecule has 0 spiro atoms. The van der Waals surface area contributed by atoms with E-state index in [9.17, 15) is 4.79 Å². The van der Waals surface area contributed by atoms with Gasteiger partial charge in [0.1, 0.15) is 5.75 Å². The van der Waals surface area contributed by atoms with Crippen LogP contribution in [0.1, 0.15) is 29.7 Å². The van der Waals surface area contributed by atoms with Crippen molar-refractivity contribution in [2.24, 2.45) is 0 Å². The number of hydrogen-bond acceptors (Lipinski definition) is 2. The van der Waals surface area contributed by atoms with Crippen LogP contribution in [0.15, 0.2) is 36.4 Å². The standard InChI is InChI=1S/C19H22Cl2N2O2/c1-12-8-9-17(25-4)15(10-12)13(2)22-19(24)23(3)11-14-6-5-7-16(20)18(14)21/h5-10,13H,11H2,1-4H3,(H,22,24). The molecule has 2 amide bonds. The van der Waals surface area contributed by atoms with Crippen LogP contribution in [0.5, 0.6) is 5.75 Å².